The van der Waals surface area contributed by atoms with Crippen molar-refractivity contribution >= 4 is 11.9 Å². The summed E-state index contributed by atoms with van der Waals surface area (Å²) in [5.74, 6) is -2.29. The molecule has 4 heteroatoms. The molecule has 0 rings (SSSR count). The fourth-order valence-corrected chi connectivity index (χ4v) is 4.62. The van der Waals surface area contributed by atoms with Crippen LogP contribution in [0.5, 0.6) is 0 Å². The van der Waals surface area contributed by atoms with Crippen molar-refractivity contribution < 1.29 is 19.8 Å². The van der Waals surface area contributed by atoms with E-state index in [0.717, 1.165) is 32.1 Å². The highest BCUT2D eigenvalue weighted by Gasteiger charge is 2.60. The van der Waals surface area contributed by atoms with Crippen LogP contribution in [0.25, 0.3) is 0 Å². The molecule has 0 heterocycles. The van der Waals surface area contributed by atoms with Crippen molar-refractivity contribution in [2.45, 2.75) is 111 Å². The molecule has 0 aliphatic rings. The quantitative estimate of drug-likeness (QED) is 0.252. The van der Waals surface area contributed by atoms with Gasteiger partial charge in [0.05, 0.1) is 0 Å². The number of aliphatic carboxylic acids is 2. The monoisotopic (exact) mass is 356 g/mol. The van der Waals surface area contributed by atoms with Crippen LogP contribution in [0.4, 0.5) is 0 Å². The standard InChI is InChI=1S/C21H40O4/c1-5-9-10-11-12-13-17-20(14-6-2,15-7-3)21(16-8-4,18(22)23)19(24)25/h5-17H2,1-4H3,(H,22,23)(H,24,25). The van der Waals surface area contributed by atoms with Gasteiger partial charge in [-0.3, -0.25) is 9.59 Å². The molecule has 148 valence electrons. The number of carboxylic acid groups (broad SMARTS) is 2. The van der Waals surface area contributed by atoms with Gasteiger partial charge in [0, 0.05) is 0 Å². The molecule has 2 N–H and O–H groups in total. The van der Waals surface area contributed by atoms with Crippen LogP contribution in [-0.4, -0.2) is 22.2 Å². The van der Waals surface area contributed by atoms with Gasteiger partial charge >= 0.3 is 11.9 Å². The van der Waals surface area contributed by atoms with Gasteiger partial charge in [0.2, 0.25) is 0 Å². The van der Waals surface area contributed by atoms with Gasteiger partial charge in [-0.15, -0.1) is 0 Å². The first kappa shape index (κ1) is 23.9. The maximum absolute atomic E-state index is 12.2. The van der Waals surface area contributed by atoms with Gasteiger partial charge in [0.15, 0.2) is 5.41 Å². The Morgan fingerprint density at radius 3 is 1.44 bits per heavy atom. The van der Waals surface area contributed by atoms with E-state index in [1.165, 1.54) is 19.3 Å². The fraction of sp³-hybridized carbons (Fsp3) is 0.905. The molecule has 25 heavy (non-hydrogen) atoms. The predicted molar refractivity (Wildman–Crippen MR) is 103 cm³/mol. The van der Waals surface area contributed by atoms with E-state index in [-0.39, 0.29) is 6.42 Å². The lowest BCUT2D eigenvalue weighted by Gasteiger charge is -2.46. The highest BCUT2D eigenvalue weighted by molar-refractivity contribution is 5.99. The number of carbonyl (C=O) groups is 2. The second-order valence-electron chi connectivity index (χ2n) is 7.56. The summed E-state index contributed by atoms with van der Waals surface area (Å²) in [6, 6.07) is 0. The SMILES string of the molecule is CCCCCCCCC(CCC)(CCC)C(CCC)(C(=O)O)C(=O)O. The first-order valence-electron chi connectivity index (χ1n) is 10.3. The van der Waals surface area contributed by atoms with E-state index in [1.54, 1.807) is 0 Å². The third-order valence-electron chi connectivity index (χ3n) is 5.73. The molecule has 0 aliphatic carbocycles. The Balaban J connectivity index is 5.57. The largest absolute Gasteiger partial charge is 0.480 e. The van der Waals surface area contributed by atoms with Crippen LogP contribution in [0.15, 0.2) is 0 Å². The Morgan fingerprint density at radius 1 is 0.600 bits per heavy atom. The summed E-state index contributed by atoms with van der Waals surface area (Å²) in [6.07, 6.45) is 11.3. The molecular weight excluding hydrogens is 316 g/mol. The van der Waals surface area contributed by atoms with Gasteiger partial charge < -0.3 is 10.2 Å². The molecule has 0 radical (unpaired) electrons. The highest BCUT2D eigenvalue weighted by atomic mass is 16.4. The first-order chi connectivity index (χ1) is 11.9. The molecule has 0 aromatic rings. The summed E-state index contributed by atoms with van der Waals surface area (Å²) >= 11 is 0. The smallest absolute Gasteiger partial charge is 0.321 e. The second-order valence-corrected chi connectivity index (χ2v) is 7.56. The first-order valence-corrected chi connectivity index (χ1v) is 10.3. The van der Waals surface area contributed by atoms with E-state index in [9.17, 15) is 19.8 Å². The van der Waals surface area contributed by atoms with Gasteiger partial charge in [-0.25, -0.2) is 0 Å². The zero-order chi connectivity index (χ0) is 19.3. The lowest BCUT2D eigenvalue weighted by molar-refractivity contribution is -0.180. The zero-order valence-corrected chi connectivity index (χ0v) is 16.9. The minimum atomic E-state index is -1.66. The Bertz CT molecular complexity index is 369. The summed E-state index contributed by atoms with van der Waals surface area (Å²) in [5, 5.41) is 20.0. The van der Waals surface area contributed by atoms with Crippen LogP contribution in [0.1, 0.15) is 111 Å². The molecule has 0 saturated heterocycles. The molecule has 0 atom stereocenters. The van der Waals surface area contributed by atoms with Crippen LogP contribution < -0.4 is 0 Å². The van der Waals surface area contributed by atoms with Crippen LogP contribution >= 0.6 is 0 Å². The normalized spacial score (nSPS) is 12.3. The zero-order valence-electron chi connectivity index (χ0n) is 16.9. The van der Waals surface area contributed by atoms with Crippen LogP contribution in [0, 0.1) is 10.8 Å². The predicted octanol–water partition coefficient (Wildman–Crippen LogP) is 6.28. The summed E-state index contributed by atoms with van der Waals surface area (Å²) in [6.45, 7) is 8.14. The molecular formula is C21H40O4. The molecule has 0 aromatic heterocycles. The summed E-state index contributed by atoms with van der Waals surface area (Å²) in [5.41, 5.74) is -2.30. The number of hydrogen-bond donors (Lipinski definition) is 2. The molecule has 0 aliphatic heterocycles. The van der Waals surface area contributed by atoms with Crippen molar-refractivity contribution in [1.82, 2.24) is 0 Å². The van der Waals surface area contributed by atoms with Crippen molar-refractivity contribution in [1.29, 1.82) is 0 Å². The molecule has 0 aromatic carbocycles. The van der Waals surface area contributed by atoms with E-state index in [1.807, 2.05) is 20.8 Å². The molecule has 0 bridgehead atoms. The molecule has 0 amide bonds. The van der Waals surface area contributed by atoms with Crippen molar-refractivity contribution in [2.75, 3.05) is 0 Å². The van der Waals surface area contributed by atoms with Crippen LogP contribution in [0.2, 0.25) is 0 Å². The van der Waals surface area contributed by atoms with E-state index >= 15 is 0 Å². The molecule has 4 nitrogen and oxygen atoms in total. The average Bonchev–Trinajstić information content (AvgIpc) is 2.55. The van der Waals surface area contributed by atoms with Gasteiger partial charge in [-0.1, -0.05) is 85.5 Å². The van der Waals surface area contributed by atoms with Crippen molar-refractivity contribution in [3.05, 3.63) is 0 Å². The highest BCUT2D eigenvalue weighted by Crippen LogP contribution is 2.53. The third kappa shape index (κ3) is 6.00. The van der Waals surface area contributed by atoms with Gasteiger partial charge in [0.25, 0.3) is 0 Å². The number of unbranched alkanes of at least 4 members (excludes halogenated alkanes) is 5. The van der Waals surface area contributed by atoms with Gasteiger partial charge in [-0.2, -0.15) is 0 Å². The Hall–Kier alpha value is -1.06. The minimum absolute atomic E-state index is 0.216. The van der Waals surface area contributed by atoms with Gasteiger partial charge in [-0.05, 0) is 31.1 Å². The topological polar surface area (TPSA) is 74.6 Å². The van der Waals surface area contributed by atoms with E-state index < -0.39 is 22.8 Å². The molecule has 0 spiro atoms. The summed E-state index contributed by atoms with van der Waals surface area (Å²) < 4.78 is 0. The van der Waals surface area contributed by atoms with Crippen LogP contribution in [0.3, 0.4) is 0 Å². The molecule has 0 fully saturated rings. The fourth-order valence-electron chi connectivity index (χ4n) is 4.62. The van der Waals surface area contributed by atoms with E-state index in [4.69, 9.17) is 0 Å². The third-order valence-corrected chi connectivity index (χ3v) is 5.73. The number of rotatable bonds is 16. The minimum Gasteiger partial charge on any atom is -0.480 e. The van der Waals surface area contributed by atoms with Gasteiger partial charge in [0.1, 0.15) is 0 Å². The second kappa shape index (κ2) is 12.3. The maximum Gasteiger partial charge on any atom is 0.321 e. The van der Waals surface area contributed by atoms with Crippen LogP contribution in [-0.2, 0) is 9.59 Å². The number of hydrogen-bond acceptors (Lipinski definition) is 2. The lowest BCUT2D eigenvalue weighted by atomic mass is 9.55. The average molecular weight is 357 g/mol. The summed E-state index contributed by atoms with van der Waals surface area (Å²) in [7, 11) is 0. The van der Waals surface area contributed by atoms with Crippen molar-refractivity contribution in [2.24, 2.45) is 10.8 Å². The van der Waals surface area contributed by atoms with E-state index in [2.05, 4.69) is 6.92 Å². The lowest BCUT2D eigenvalue weighted by Crippen LogP contribution is -2.53. The van der Waals surface area contributed by atoms with Crippen molar-refractivity contribution in [3.8, 4) is 0 Å². The van der Waals surface area contributed by atoms with E-state index in [0.29, 0.717) is 25.7 Å². The maximum atomic E-state index is 12.2. The Kier molecular flexibility index (Phi) is 11.8. The number of carboxylic acids is 2. The molecule has 0 saturated carbocycles. The Morgan fingerprint density at radius 2 is 1.04 bits per heavy atom. The Labute approximate surface area is 154 Å². The summed E-state index contributed by atoms with van der Waals surface area (Å²) in [4.78, 5) is 24.5. The molecule has 0 unspecified atom stereocenters. The van der Waals surface area contributed by atoms with Crippen molar-refractivity contribution in [3.63, 3.8) is 0 Å².